The second kappa shape index (κ2) is 69.1. The van der Waals surface area contributed by atoms with E-state index >= 15 is 0 Å². The Morgan fingerprint density at radius 2 is 1.25 bits per heavy atom. The molecule has 5 N–H and O–H groups in total. The van der Waals surface area contributed by atoms with Crippen LogP contribution in [0.15, 0.2) is 0 Å². The monoisotopic (exact) mass is 149 g/mol. The van der Waals surface area contributed by atoms with E-state index in [0.717, 1.165) is 0 Å². The van der Waals surface area contributed by atoms with Gasteiger partial charge in [-0.15, -0.1) is 0 Å². The van der Waals surface area contributed by atoms with Gasteiger partial charge in [0.1, 0.15) is 0 Å². The molecular formula is H7FNNbO+. The van der Waals surface area contributed by atoms with Crippen molar-refractivity contribution in [1.82, 2.24) is 6.15 Å². The fourth-order valence-electron chi connectivity index (χ4n) is 0. The molecule has 29 valence electrons. The van der Waals surface area contributed by atoms with Crippen molar-refractivity contribution in [1.29, 1.82) is 0 Å². The Labute approximate surface area is 40.8 Å². The number of rotatable bonds is 0. The predicted molar refractivity (Wildman–Crippen MR) is 12.3 cm³/mol. The van der Waals surface area contributed by atoms with Gasteiger partial charge in [0.25, 0.3) is 0 Å². The van der Waals surface area contributed by atoms with Gasteiger partial charge in [0.15, 0.2) is 0 Å². The standard InChI is InChI=1S/FH.H3N.Nb.H2O/h1H;1H3;;1H2/p+1. The van der Waals surface area contributed by atoms with Crippen molar-refractivity contribution in [2.75, 3.05) is 0 Å². The normalized spacial score (nSPS) is 0. The smallest absolute Gasteiger partial charge is 0.412 e. The van der Waals surface area contributed by atoms with Crippen molar-refractivity contribution in [2.45, 2.75) is 0 Å². The Balaban J connectivity index is 0. The molecule has 0 amide bonds. The van der Waals surface area contributed by atoms with Crippen LogP contribution in [-0.4, -0.2) is 5.48 Å². The molecule has 0 bridgehead atoms. The van der Waals surface area contributed by atoms with Crippen LogP contribution in [0, 0.1) is 0 Å². The van der Waals surface area contributed by atoms with Crippen molar-refractivity contribution < 1.29 is 34.0 Å². The van der Waals surface area contributed by atoms with E-state index in [9.17, 15) is 0 Å². The van der Waals surface area contributed by atoms with Gasteiger partial charge in [-0.05, 0) is 0 Å². The van der Waals surface area contributed by atoms with E-state index in [1.165, 1.54) is 0 Å². The molecule has 1 radical (unpaired) electrons. The largest absolute Gasteiger partial charge is 1.00 e. The number of halogens is 1. The predicted octanol–water partition coefficient (Wildman–Crippen LogP) is -0.400. The Morgan fingerprint density at radius 3 is 1.25 bits per heavy atom. The molecule has 0 aliphatic carbocycles. The second-order valence-electron chi connectivity index (χ2n) is 0. The molecular weight excluding hydrogens is 142 g/mol. The van der Waals surface area contributed by atoms with Gasteiger partial charge in [0, 0.05) is 22.4 Å². The van der Waals surface area contributed by atoms with Crippen LogP contribution in [0.2, 0.25) is 0 Å². The maximum Gasteiger partial charge on any atom is 1.00 e. The van der Waals surface area contributed by atoms with Crippen molar-refractivity contribution in [3.63, 3.8) is 0 Å². The first-order chi connectivity index (χ1) is 0. The Hall–Kier alpha value is 0.590. The van der Waals surface area contributed by atoms with E-state index in [1.807, 2.05) is 0 Å². The van der Waals surface area contributed by atoms with Crippen LogP contribution in [0.5, 0.6) is 0 Å². The van der Waals surface area contributed by atoms with Crippen LogP contribution in [0.3, 0.4) is 0 Å². The third-order valence-corrected chi connectivity index (χ3v) is 0. The first-order valence-corrected chi connectivity index (χ1v) is 0. The summed E-state index contributed by atoms with van der Waals surface area (Å²) in [5, 5.41) is 0. The summed E-state index contributed by atoms with van der Waals surface area (Å²) in [5.74, 6) is 0. The fourth-order valence-corrected chi connectivity index (χ4v) is 0. The van der Waals surface area contributed by atoms with E-state index in [-0.39, 0.29) is 40.1 Å². The minimum Gasteiger partial charge on any atom is -0.412 e. The van der Waals surface area contributed by atoms with Gasteiger partial charge in [-0.1, -0.05) is 0 Å². The molecule has 0 rings (SSSR count). The first kappa shape index (κ1) is 170. The van der Waals surface area contributed by atoms with E-state index < -0.39 is 0 Å². The van der Waals surface area contributed by atoms with E-state index in [2.05, 4.69) is 0 Å². The zero-order valence-corrected chi connectivity index (χ0v) is 4.26. The van der Waals surface area contributed by atoms with Gasteiger partial charge in [0.05, 0.1) is 0 Å². The van der Waals surface area contributed by atoms with Gasteiger partial charge in [0.2, 0.25) is 0 Å². The SMILES string of the molecule is F.N.O.[H+].[Nb]. The molecule has 2 nitrogen and oxygen atoms in total. The zero-order chi connectivity index (χ0) is 0. The average molecular weight is 149 g/mol. The molecule has 0 unspecified atom stereocenters. The van der Waals surface area contributed by atoms with Gasteiger partial charge >= 0.3 is 1.43 Å². The van der Waals surface area contributed by atoms with Crippen molar-refractivity contribution in [3.05, 3.63) is 0 Å². The molecule has 0 aromatic rings. The van der Waals surface area contributed by atoms with E-state index in [1.54, 1.807) is 0 Å². The minimum absolute atomic E-state index is 0. The van der Waals surface area contributed by atoms with Crippen molar-refractivity contribution in [2.24, 2.45) is 0 Å². The van der Waals surface area contributed by atoms with E-state index in [4.69, 9.17) is 0 Å². The maximum absolute atomic E-state index is 0. The molecule has 0 spiro atoms. The summed E-state index contributed by atoms with van der Waals surface area (Å²) in [5.41, 5.74) is 0. The summed E-state index contributed by atoms with van der Waals surface area (Å²) < 4.78 is 0. The second-order valence-corrected chi connectivity index (χ2v) is 0. The topological polar surface area (TPSA) is 66.5 Å². The fraction of sp³-hybridized carbons (Fsp3) is 0. The molecule has 0 fully saturated rings. The van der Waals surface area contributed by atoms with Crippen LogP contribution in [0.4, 0.5) is 4.70 Å². The third kappa shape index (κ3) is 18.8. The molecule has 4 heteroatoms. The quantitative estimate of drug-likeness (QED) is 0.467. The Kier molecular flexibility index (Phi) is 2940. The van der Waals surface area contributed by atoms with Gasteiger partial charge in [-0.2, -0.15) is 0 Å². The molecule has 0 aromatic carbocycles. The van der Waals surface area contributed by atoms with Gasteiger partial charge < -0.3 is 11.6 Å². The molecule has 0 aromatic heterocycles. The molecule has 0 heterocycles. The summed E-state index contributed by atoms with van der Waals surface area (Å²) in [6.45, 7) is 0. The van der Waals surface area contributed by atoms with Crippen LogP contribution in [0.1, 0.15) is 1.43 Å². The summed E-state index contributed by atoms with van der Waals surface area (Å²) in [7, 11) is 0. The summed E-state index contributed by atoms with van der Waals surface area (Å²) in [4.78, 5) is 0. The van der Waals surface area contributed by atoms with Crippen LogP contribution in [-0.2, 0) is 22.4 Å². The average Bonchev–Trinajstić information content (AvgIpc) is 0. The molecule has 4 heavy (non-hydrogen) atoms. The Bertz CT molecular complexity index is 11.6. The van der Waals surface area contributed by atoms with Crippen LogP contribution in [0.25, 0.3) is 0 Å². The van der Waals surface area contributed by atoms with Crippen molar-refractivity contribution in [3.8, 4) is 0 Å². The van der Waals surface area contributed by atoms with Crippen molar-refractivity contribution >= 4 is 0 Å². The third-order valence-electron chi connectivity index (χ3n) is 0. The molecule has 0 aliphatic heterocycles. The summed E-state index contributed by atoms with van der Waals surface area (Å²) >= 11 is 0. The minimum atomic E-state index is 0. The maximum atomic E-state index is 0. The molecule has 0 aliphatic rings. The molecule has 0 saturated heterocycles. The summed E-state index contributed by atoms with van der Waals surface area (Å²) in [6, 6.07) is 0. The molecule has 0 saturated carbocycles. The van der Waals surface area contributed by atoms with Crippen LogP contribution < -0.4 is 6.15 Å². The Morgan fingerprint density at radius 1 is 1.25 bits per heavy atom. The van der Waals surface area contributed by atoms with Crippen LogP contribution >= 0.6 is 0 Å². The van der Waals surface area contributed by atoms with E-state index in [0.29, 0.717) is 0 Å². The number of hydrogen-bond acceptors (Lipinski definition) is 1. The number of hydrogen-bond donors (Lipinski definition) is 1. The van der Waals surface area contributed by atoms with Gasteiger partial charge in [-0.25, -0.2) is 0 Å². The van der Waals surface area contributed by atoms with Gasteiger partial charge in [-0.3, -0.25) is 4.70 Å². The zero-order valence-electron chi connectivity index (χ0n) is 3.06. The summed E-state index contributed by atoms with van der Waals surface area (Å²) in [6.07, 6.45) is 0. The first-order valence-electron chi connectivity index (χ1n) is 0. The molecule has 0 atom stereocenters.